The second kappa shape index (κ2) is 11.4. The van der Waals surface area contributed by atoms with E-state index in [-0.39, 0.29) is 24.0 Å². The molecule has 0 amide bonds. The third kappa shape index (κ3) is 5.72. The number of benzene rings is 1. The minimum atomic E-state index is 0. The van der Waals surface area contributed by atoms with Gasteiger partial charge in [0.15, 0.2) is 5.96 Å². The minimum absolute atomic E-state index is 0. The molecule has 1 aliphatic rings. The Morgan fingerprint density at radius 3 is 2.50 bits per heavy atom. The number of piperazine rings is 1. The standard InChI is InChI=1S/C18H30N4O.HI/c1-4-5-8-11-20-18(19-2)22-14-12-21(13-15-22)16-9-6-7-10-17(16)23-3;/h6-7,9-10H,4-5,8,11-15H2,1-3H3,(H,19,20);1H. The number of ether oxygens (including phenoxy) is 1. The Labute approximate surface area is 163 Å². The molecule has 0 radical (unpaired) electrons. The number of unbranched alkanes of at least 4 members (excludes halogenated alkanes) is 2. The third-order valence-corrected chi connectivity index (χ3v) is 4.28. The van der Waals surface area contributed by atoms with Gasteiger partial charge in [0.2, 0.25) is 0 Å². The van der Waals surface area contributed by atoms with Crippen LogP contribution in [0.3, 0.4) is 0 Å². The Morgan fingerprint density at radius 1 is 1.17 bits per heavy atom. The lowest BCUT2D eigenvalue weighted by atomic mass is 10.2. The monoisotopic (exact) mass is 446 g/mol. The SMILES string of the molecule is CCCCCNC(=NC)N1CCN(c2ccccc2OC)CC1.I. The number of nitrogens with one attached hydrogen (secondary N) is 1. The molecule has 1 saturated heterocycles. The summed E-state index contributed by atoms with van der Waals surface area (Å²) in [6.07, 6.45) is 3.72. The topological polar surface area (TPSA) is 40.1 Å². The van der Waals surface area contributed by atoms with Crippen LogP contribution in [0.4, 0.5) is 5.69 Å². The third-order valence-electron chi connectivity index (χ3n) is 4.28. The first-order valence-corrected chi connectivity index (χ1v) is 8.63. The van der Waals surface area contributed by atoms with Crippen molar-refractivity contribution >= 4 is 35.6 Å². The molecular formula is C18H31IN4O. The van der Waals surface area contributed by atoms with Crippen molar-refractivity contribution in [2.24, 2.45) is 4.99 Å². The Kier molecular flexibility index (Phi) is 9.90. The fraction of sp³-hybridized carbons (Fsp3) is 0.611. The van der Waals surface area contributed by atoms with Crippen LogP contribution in [0.1, 0.15) is 26.2 Å². The lowest BCUT2D eigenvalue weighted by molar-refractivity contribution is 0.367. The zero-order valence-electron chi connectivity index (χ0n) is 15.1. The highest BCUT2D eigenvalue weighted by molar-refractivity contribution is 14.0. The smallest absolute Gasteiger partial charge is 0.193 e. The minimum Gasteiger partial charge on any atom is -0.495 e. The van der Waals surface area contributed by atoms with Crippen molar-refractivity contribution in [3.63, 3.8) is 0 Å². The van der Waals surface area contributed by atoms with Crippen LogP contribution in [0.2, 0.25) is 0 Å². The van der Waals surface area contributed by atoms with Crippen molar-refractivity contribution in [3.05, 3.63) is 24.3 Å². The predicted molar refractivity (Wildman–Crippen MR) is 113 cm³/mol. The summed E-state index contributed by atoms with van der Waals surface area (Å²) in [6.45, 7) is 7.15. The van der Waals surface area contributed by atoms with Gasteiger partial charge in [-0.05, 0) is 18.6 Å². The molecule has 0 unspecified atom stereocenters. The number of rotatable bonds is 6. The molecule has 2 rings (SSSR count). The Morgan fingerprint density at radius 2 is 1.88 bits per heavy atom. The van der Waals surface area contributed by atoms with Gasteiger partial charge in [-0.25, -0.2) is 0 Å². The first-order valence-electron chi connectivity index (χ1n) is 8.63. The second-order valence-corrected chi connectivity index (χ2v) is 5.83. The highest BCUT2D eigenvalue weighted by Crippen LogP contribution is 2.28. The summed E-state index contributed by atoms with van der Waals surface area (Å²) in [5.41, 5.74) is 1.18. The number of halogens is 1. The van der Waals surface area contributed by atoms with E-state index in [4.69, 9.17) is 4.74 Å². The van der Waals surface area contributed by atoms with Gasteiger partial charge >= 0.3 is 0 Å². The van der Waals surface area contributed by atoms with Crippen LogP contribution >= 0.6 is 24.0 Å². The molecule has 6 heteroatoms. The molecule has 0 saturated carbocycles. The van der Waals surface area contributed by atoms with E-state index in [1.165, 1.54) is 24.9 Å². The highest BCUT2D eigenvalue weighted by atomic mass is 127. The molecule has 136 valence electrons. The van der Waals surface area contributed by atoms with Crippen molar-refractivity contribution in [2.45, 2.75) is 26.2 Å². The van der Waals surface area contributed by atoms with Crippen molar-refractivity contribution in [3.8, 4) is 5.75 Å². The van der Waals surface area contributed by atoms with Crippen molar-refractivity contribution in [2.75, 3.05) is 51.8 Å². The molecule has 1 aromatic rings. The van der Waals surface area contributed by atoms with E-state index in [0.717, 1.165) is 44.4 Å². The zero-order chi connectivity index (χ0) is 16.5. The number of methoxy groups -OCH3 is 1. The van der Waals surface area contributed by atoms with Crippen LogP contribution in [0.25, 0.3) is 0 Å². The van der Waals surface area contributed by atoms with E-state index in [0.29, 0.717) is 0 Å². The summed E-state index contributed by atoms with van der Waals surface area (Å²) in [5, 5.41) is 3.48. The van der Waals surface area contributed by atoms with Crippen LogP contribution < -0.4 is 15.0 Å². The zero-order valence-corrected chi connectivity index (χ0v) is 17.5. The van der Waals surface area contributed by atoms with Crippen LogP contribution in [0.15, 0.2) is 29.3 Å². The van der Waals surface area contributed by atoms with Gasteiger partial charge in [-0.3, -0.25) is 4.99 Å². The van der Waals surface area contributed by atoms with E-state index < -0.39 is 0 Å². The summed E-state index contributed by atoms with van der Waals surface area (Å²) in [4.78, 5) is 9.16. The van der Waals surface area contributed by atoms with Crippen molar-refractivity contribution in [1.82, 2.24) is 10.2 Å². The number of hydrogen-bond donors (Lipinski definition) is 1. The Balaban J connectivity index is 0.00000288. The first-order chi connectivity index (χ1) is 11.3. The summed E-state index contributed by atoms with van der Waals surface area (Å²) < 4.78 is 5.48. The fourth-order valence-electron chi connectivity index (χ4n) is 2.96. The summed E-state index contributed by atoms with van der Waals surface area (Å²) in [5.74, 6) is 1.98. The van der Waals surface area contributed by atoms with Crippen LogP contribution in [0, 0.1) is 0 Å². The number of anilines is 1. The molecule has 0 aliphatic carbocycles. The maximum absolute atomic E-state index is 5.48. The molecule has 1 fully saturated rings. The molecule has 1 aromatic carbocycles. The maximum atomic E-state index is 5.48. The average Bonchev–Trinajstić information content (AvgIpc) is 2.62. The van der Waals surface area contributed by atoms with Crippen LogP contribution in [0.5, 0.6) is 5.75 Å². The molecule has 0 aromatic heterocycles. The van der Waals surface area contributed by atoms with Crippen LogP contribution in [-0.2, 0) is 0 Å². The van der Waals surface area contributed by atoms with Gasteiger partial charge in [-0.15, -0.1) is 24.0 Å². The first kappa shape index (κ1) is 20.9. The molecule has 0 spiro atoms. The average molecular weight is 446 g/mol. The molecule has 1 heterocycles. The second-order valence-electron chi connectivity index (χ2n) is 5.83. The summed E-state index contributed by atoms with van der Waals surface area (Å²) >= 11 is 0. The quantitative estimate of drug-likeness (QED) is 0.316. The fourth-order valence-corrected chi connectivity index (χ4v) is 2.96. The molecule has 24 heavy (non-hydrogen) atoms. The molecule has 1 N–H and O–H groups in total. The van der Waals surface area contributed by atoms with Gasteiger partial charge in [0, 0.05) is 39.8 Å². The lowest BCUT2D eigenvalue weighted by Gasteiger charge is -2.38. The maximum Gasteiger partial charge on any atom is 0.193 e. The summed E-state index contributed by atoms with van der Waals surface area (Å²) in [7, 11) is 3.60. The number of hydrogen-bond acceptors (Lipinski definition) is 3. The Bertz CT molecular complexity index is 502. The van der Waals surface area contributed by atoms with Gasteiger partial charge in [0.1, 0.15) is 5.75 Å². The normalized spacial score (nSPS) is 15.0. The van der Waals surface area contributed by atoms with Gasteiger partial charge in [-0.1, -0.05) is 31.9 Å². The van der Waals surface area contributed by atoms with Gasteiger partial charge in [-0.2, -0.15) is 0 Å². The number of aliphatic imine (C=N–C) groups is 1. The highest BCUT2D eigenvalue weighted by Gasteiger charge is 2.21. The van der Waals surface area contributed by atoms with Gasteiger partial charge in [0.25, 0.3) is 0 Å². The lowest BCUT2D eigenvalue weighted by Crippen LogP contribution is -2.52. The van der Waals surface area contributed by atoms with E-state index in [9.17, 15) is 0 Å². The summed E-state index contributed by atoms with van der Waals surface area (Å²) in [6, 6.07) is 8.24. The molecule has 0 bridgehead atoms. The van der Waals surface area contributed by atoms with E-state index in [2.05, 4.69) is 39.2 Å². The predicted octanol–water partition coefficient (Wildman–Crippen LogP) is 3.20. The number of guanidine groups is 1. The van der Waals surface area contributed by atoms with Crippen molar-refractivity contribution in [1.29, 1.82) is 0 Å². The van der Waals surface area contributed by atoms with Crippen LogP contribution in [-0.4, -0.2) is 57.7 Å². The molecular weight excluding hydrogens is 415 g/mol. The number of para-hydroxylation sites is 2. The largest absolute Gasteiger partial charge is 0.495 e. The van der Waals surface area contributed by atoms with Crippen molar-refractivity contribution < 1.29 is 4.74 Å². The molecule has 1 aliphatic heterocycles. The molecule has 0 atom stereocenters. The number of nitrogens with zero attached hydrogens (tertiary/aromatic N) is 3. The molecule has 5 nitrogen and oxygen atoms in total. The van der Waals surface area contributed by atoms with E-state index in [1.54, 1.807) is 7.11 Å². The van der Waals surface area contributed by atoms with E-state index >= 15 is 0 Å². The van der Waals surface area contributed by atoms with Gasteiger partial charge < -0.3 is 19.9 Å². The Hall–Kier alpha value is -1.18. The van der Waals surface area contributed by atoms with Gasteiger partial charge in [0.05, 0.1) is 12.8 Å². The van der Waals surface area contributed by atoms with E-state index in [1.807, 2.05) is 19.2 Å².